The molecule has 1 heterocycles. The zero-order valence-corrected chi connectivity index (χ0v) is 16.0. The maximum atomic E-state index is 12.1. The fourth-order valence-corrected chi connectivity index (χ4v) is 3.33. The van der Waals surface area contributed by atoms with Gasteiger partial charge in [-0.05, 0) is 48.1 Å². The number of carbonyl (C=O) groups is 1. The molecule has 3 aromatic rings. The lowest BCUT2D eigenvalue weighted by Crippen LogP contribution is -2.12. The highest BCUT2D eigenvalue weighted by molar-refractivity contribution is 5.97. The van der Waals surface area contributed by atoms with Crippen molar-refractivity contribution in [1.82, 2.24) is 4.98 Å². The maximum absolute atomic E-state index is 12.1. The van der Waals surface area contributed by atoms with E-state index in [0.29, 0.717) is 19.4 Å². The van der Waals surface area contributed by atoms with E-state index >= 15 is 0 Å². The molecule has 5 heteroatoms. The molecule has 1 aromatic heterocycles. The summed E-state index contributed by atoms with van der Waals surface area (Å²) in [6, 6.07) is 15.9. The van der Waals surface area contributed by atoms with Gasteiger partial charge in [-0.2, -0.15) is 0 Å². The minimum atomic E-state index is -0.718. The SMILES string of the molecule is CCOC(=O)Cc1cnc2ccccc2c1-c1cccc(CC[C@H](O)CO)c1. The van der Waals surface area contributed by atoms with Gasteiger partial charge in [0.2, 0.25) is 0 Å². The van der Waals surface area contributed by atoms with Crippen LogP contribution in [0, 0.1) is 0 Å². The molecule has 28 heavy (non-hydrogen) atoms. The minimum Gasteiger partial charge on any atom is -0.466 e. The standard InChI is InChI=1S/C23H25NO4/c1-2-28-22(27)13-18-14-24-21-9-4-3-8-20(21)23(18)17-7-5-6-16(12-17)10-11-19(26)15-25/h3-9,12,14,19,25-26H,2,10-11,13,15H2,1H3/t19-/m0/s1. The predicted molar refractivity (Wildman–Crippen MR) is 109 cm³/mol. The molecule has 2 N–H and O–H groups in total. The second-order valence-corrected chi connectivity index (χ2v) is 6.73. The van der Waals surface area contributed by atoms with Crippen LogP contribution in [0.25, 0.3) is 22.0 Å². The van der Waals surface area contributed by atoms with Crippen molar-refractivity contribution in [2.24, 2.45) is 0 Å². The van der Waals surface area contributed by atoms with E-state index in [1.807, 2.05) is 42.5 Å². The van der Waals surface area contributed by atoms with Gasteiger partial charge in [0, 0.05) is 11.6 Å². The number of benzene rings is 2. The van der Waals surface area contributed by atoms with Crippen molar-refractivity contribution < 1.29 is 19.7 Å². The number of nitrogens with zero attached hydrogens (tertiary/aromatic N) is 1. The summed E-state index contributed by atoms with van der Waals surface area (Å²) in [5.74, 6) is -0.275. The molecular formula is C23H25NO4. The molecule has 0 radical (unpaired) electrons. The summed E-state index contributed by atoms with van der Waals surface area (Å²) in [5.41, 5.74) is 4.72. The van der Waals surface area contributed by atoms with Gasteiger partial charge in [-0.15, -0.1) is 0 Å². The largest absolute Gasteiger partial charge is 0.466 e. The molecule has 0 aliphatic rings. The Balaban J connectivity index is 2.03. The number of aromatic nitrogens is 1. The van der Waals surface area contributed by atoms with Crippen LogP contribution in [0.5, 0.6) is 0 Å². The second-order valence-electron chi connectivity index (χ2n) is 6.73. The van der Waals surface area contributed by atoms with E-state index in [0.717, 1.165) is 33.2 Å². The fraction of sp³-hybridized carbons (Fsp3) is 0.304. The van der Waals surface area contributed by atoms with Gasteiger partial charge >= 0.3 is 5.97 Å². The van der Waals surface area contributed by atoms with E-state index in [9.17, 15) is 9.90 Å². The number of pyridine rings is 1. The normalized spacial score (nSPS) is 12.1. The van der Waals surface area contributed by atoms with Crippen molar-refractivity contribution in [2.45, 2.75) is 32.3 Å². The van der Waals surface area contributed by atoms with Crippen molar-refractivity contribution in [3.05, 3.63) is 65.9 Å². The Kier molecular flexibility index (Phi) is 6.74. The van der Waals surface area contributed by atoms with Crippen LogP contribution in [0.15, 0.2) is 54.7 Å². The molecule has 0 aliphatic heterocycles. The number of carbonyl (C=O) groups excluding carboxylic acids is 1. The number of hydrogen-bond donors (Lipinski definition) is 2. The zero-order chi connectivity index (χ0) is 19.9. The highest BCUT2D eigenvalue weighted by Gasteiger charge is 2.15. The van der Waals surface area contributed by atoms with E-state index in [2.05, 4.69) is 11.1 Å². The molecule has 0 fully saturated rings. The van der Waals surface area contributed by atoms with Crippen LogP contribution in [0.4, 0.5) is 0 Å². The van der Waals surface area contributed by atoms with Crippen molar-refractivity contribution in [2.75, 3.05) is 13.2 Å². The molecule has 0 saturated heterocycles. The van der Waals surface area contributed by atoms with Gasteiger partial charge in [0.1, 0.15) is 0 Å². The summed E-state index contributed by atoms with van der Waals surface area (Å²) in [5, 5.41) is 19.6. The van der Waals surface area contributed by atoms with Crippen LogP contribution in [-0.2, 0) is 22.4 Å². The number of para-hydroxylation sites is 1. The summed E-state index contributed by atoms with van der Waals surface area (Å²) in [6.07, 6.45) is 2.34. The van der Waals surface area contributed by atoms with E-state index in [1.165, 1.54) is 0 Å². The second kappa shape index (κ2) is 9.44. The van der Waals surface area contributed by atoms with E-state index in [1.54, 1.807) is 13.1 Å². The average molecular weight is 379 g/mol. The van der Waals surface area contributed by atoms with Crippen LogP contribution in [0.3, 0.4) is 0 Å². The minimum absolute atomic E-state index is 0.161. The van der Waals surface area contributed by atoms with Gasteiger partial charge in [0.25, 0.3) is 0 Å². The first-order valence-electron chi connectivity index (χ1n) is 9.52. The Morgan fingerprint density at radius 1 is 1.18 bits per heavy atom. The Morgan fingerprint density at radius 2 is 2.00 bits per heavy atom. The molecule has 2 aromatic carbocycles. The lowest BCUT2D eigenvalue weighted by atomic mass is 9.93. The molecule has 0 bridgehead atoms. The van der Waals surface area contributed by atoms with Crippen molar-refractivity contribution in [3.63, 3.8) is 0 Å². The quantitative estimate of drug-likeness (QED) is 0.587. The first kappa shape index (κ1) is 20.0. The number of ether oxygens (including phenoxy) is 1. The number of aliphatic hydroxyl groups excluding tert-OH is 2. The number of hydrogen-bond acceptors (Lipinski definition) is 5. The zero-order valence-electron chi connectivity index (χ0n) is 16.0. The predicted octanol–water partition coefficient (Wildman–Crippen LogP) is 3.29. The Bertz CT molecular complexity index is 954. The Hall–Kier alpha value is -2.76. The van der Waals surface area contributed by atoms with Crippen LogP contribution in [-0.4, -0.2) is 40.5 Å². The molecule has 0 aliphatic carbocycles. The highest BCUT2D eigenvalue weighted by Crippen LogP contribution is 2.32. The summed E-state index contributed by atoms with van der Waals surface area (Å²) < 4.78 is 5.13. The van der Waals surface area contributed by atoms with E-state index in [-0.39, 0.29) is 19.0 Å². The van der Waals surface area contributed by atoms with Crippen LogP contribution in [0.1, 0.15) is 24.5 Å². The van der Waals surface area contributed by atoms with E-state index < -0.39 is 6.10 Å². The van der Waals surface area contributed by atoms with Gasteiger partial charge in [-0.25, -0.2) is 0 Å². The lowest BCUT2D eigenvalue weighted by Gasteiger charge is -2.14. The summed E-state index contributed by atoms with van der Waals surface area (Å²) in [7, 11) is 0. The highest BCUT2D eigenvalue weighted by atomic mass is 16.5. The van der Waals surface area contributed by atoms with Gasteiger partial charge in [0.15, 0.2) is 0 Å². The molecule has 0 saturated carbocycles. The Morgan fingerprint density at radius 3 is 2.79 bits per heavy atom. The van der Waals surface area contributed by atoms with Crippen molar-refractivity contribution in [3.8, 4) is 11.1 Å². The number of fused-ring (bicyclic) bond motifs is 1. The number of aryl methyl sites for hydroxylation is 1. The first-order chi connectivity index (χ1) is 13.6. The third kappa shape index (κ3) is 4.74. The maximum Gasteiger partial charge on any atom is 0.310 e. The number of esters is 1. The average Bonchev–Trinajstić information content (AvgIpc) is 2.72. The molecule has 146 valence electrons. The summed E-state index contributed by atoms with van der Waals surface area (Å²) in [6.45, 7) is 1.90. The molecule has 0 unspecified atom stereocenters. The molecule has 0 amide bonds. The van der Waals surface area contributed by atoms with Crippen LogP contribution < -0.4 is 0 Å². The van der Waals surface area contributed by atoms with Crippen LogP contribution in [0.2, 0.25) is 0 Å². The first-order valence-corrected chi connectivity index (χ1v) is 9.52. The molecule has 3 rings (SSSR count). The lowest BCUT2D eigenvalue weighted by molar-refractivity contribution is -0.142. The van der Waals surface area contributed by atoms with Gasteiger partial charge in [-0.1, -0.05) is 42.5 Å². The van der Waals surface area contributed by atoms with Gasteiger partial charge in [0.05, 0.1) is 31.3 Å². The molecule has 5 nitrogen and oxygen atoms in total. The Labute approximate surface area is 164 Å². The third-order valence-electron chi connectivity index (χ3n) is 4.69. The van der Waals surface area contributed by atoms with Crippen molar-refractivity contribution in [1.29, 1.82) is 0 Å². The van der Waals surface area contributed by atoms with Gasteiger partial charge in [-0.3, -0.25) is 9.78 Å². The van der Waals surface area contributed by atoms with Crippen molar-refractivity contribution >= 4 is 16.9 Å². The summed E-state index contributed by atoms with van der Waals surface area (Å²) in [4.78, 5) is 16.6. The fourth-order valence-electron chi connectivity index (χ4n) is 3.33. The smallest absolute Gasteiger partial charge is 0.310 e. The molecule has 1 atom stereocenters. The molecule has 0 spiro atoms. The monoisotopic (exact) mass is 379 g/mol. The van der Waals surface area contributed by atoms with Crippen LogP contribution >= 0.6 is 0 Å². The third-order valence-corrected chi connectivity index (χ3v) is 4.69. The molecular weight excluding hydrogens is 354 g/mol. The van der Waals surface area contributed by atoms with E-state index in [4.69, 9.17) is 9.84 Å². The van der Waals surface area contributed by atoms with Gasteiger partial charge < -0.3 is 14.9 Å². The summed E-state index contributed by atoms with van der Waals surface area (Å²) >= 11 is 0. The topological polar surface area (TPSA) is 79.7 Å². The number of rotatable bonds is 8. The number of aliphatic hydroxyl groups is 2.